The highest BCUT2D eigenvalue weighted by Gasteiger charge is 2.16. The van der Waals surface area contributed by atoms with Crippen LogP contribution in [0.2, 0.25) is 0 Å². The van der Waals surface area contributed by atoms with Gasteiger partial charge >= 0.3 is 0 Å². The second-order valence-electron chi connectivity index (χ2n) is 2.64. The fourth-order valence-corrected chi connectivity index (χ4v) is 1.24. The molecule has 0 saturated heterocycles. The van der Waals surface area contributed by atoms with E-state index in [1.165, 1.54) is 0 Å². The molecule has 0 atom stereocenters. The average molecular weight is 127 g/mol. The zero-order chi connectivity index (χ0) is 6.69. The Hall–Kier alpha value is -0.370. The maximum absolute atomic E-state index is 9.06. The highest BCUT2D eigenvalue weighted by atomic mass is 16.3. The summed E-state index contributed by atoms with van der Waals surface area (Å²) in [6, 6.07) is 0.424. The second kappa shape index (κ2) is 2.97. The van der Waals surface area contributed by atoms with E-state index in [2.05, 4.69) is 11.7 Å². The molecule has 0 unspecified atom stereocenters. The Morgan fingerprint density at radius 2 is 1.78 bits per heavy atom. The quantitative estimate of drug-likeness (QED) is 0.523. The van der Waals surface area contributed by atoms with Gasteiger partial charge in [-0.05, 0) is 32.4 Å². The molecule has 1 rings (SSSR count). The number of hydrogen-bond donors (Lipinski definition) is 1. The van der Waals surface area contributed by atoms with Gasteiger partial charge in [0.05, 0.1) is 6.10 Å². The van der Waals surface area contributed by atoms with Crippen LogP contribution >= 0.6 is 0 Å². The molecule has 0 aromatic heterocycles. The fourth-order valence-electron chi connectivity index (χ4n) is 1.24. The number of rotatable bonds is 1. The molecule has 1 N–H and O–H groups in total. The van der Waals surface area contributed by atoms with Crippen LogP contribution in [0.25, 0.3) is 0 Å². The number of hydrogen-bond acceptors (Lipinski definition) is 2. The Balaban J connectivity index is 2.26. The van der Waals surface area contributed by atoms with Crippen molar-refractivity contribution in [2.45, 2.75) is 37.8 Å². The predicted molar refractivity (Wildman–Crippen MR) is 37.8 cm³/mol. The number of aliphatic hydroxyl groups is 1. The summed E-state index contributed by atoms with van der Waals surface area (Å²) in [6.07, 6.45) is 3.78. The molecule has 0 amide bonds. The van der Waals surface area contributed by atoms with Gasteiger partial charge < -0.3 is 5.11 Å². The molecule has 1 saturated carbocycles. The lowest BCUT2D eigenvalue weighted by molar-refractivity contribution is 0.123. The summed E-state index contributed by atoms with van der Waals surface area (Å²) in [5.41, 5.74) is 0. The lowest BCUT2D eigenvalue weighted by Gasteiger charge is -2.21. The van der Waals surface area contributed by atoms with Crippen LogP contribution in [0.4, 0.5) is 0 Å². The molecule has 1 fully saturated rings. The summed E-state index contributed by atoms with van der Waals surface area (Å²) in [5, 5.41) is 9.06. The first-order chi connectivity index (χ1) is 4.33. The predicted octanol–water partition coefficient (Wildman–Crippen LogP) is 0.990. The molecule has 0 radical (unpaired) electrons. The molecule has 0 aromatic carbocycles. The van der Waals surface area contributed by atoms with E-state index in [0.29, 0.717) is 6.04 Å². The average Bonchev–Trinajstić information content (AvgIpc) is 1.90. The van der Waals surface area contributed by atoms with Gasteiger partial charge in [0.15, 0.2) is 0 Å². The molecule has 0 bridgehead atoms. The van der Waals surface area contributed by atoms with Crippen LogP contribution in [-0.2, 0) is 0 Å². The van der Waals surface area contributed by atoms with E-state index in [0.717, 1.165) is 25.7 Å². The van der Waals surface area contributed by atoms with Crippen molar-refractivity contribution in [2.24, 2.45) is 4.99 Å². The summed E-state index contributed by atoms with van der Waals surface area (Å²) in [4.78, 5) is 3.92. The summed E-state index contributed by atoms with van der Waals surface area (Å²) in [7, 11) is 0. The van der Waals surface area contributed by atoms with Crippen molar-refractivity contribution in [1.82, 2.24) is 0 Å². The lowest BCUT2D eigenvalue weighted by atomic mass is 9.94. The lowest BCUT2D eigenvalue weighted by Crippen LogP contribution is -2.20. The van der Waals surface area contributed by atoms with Crippen molar-refractivity contribution >= 4 is 6.72 Å². The highest BCUT2D eigenvalue weighted by Crippen LogP contribution is 2.19. The number of aliphatic imine (C=N–C) groups is 1. The summed E-state index contributed by atoms with van der Waals surface area (Å²) < 4.78 is 0. The Morgan fingerprint density at radius 3 is 2.22 bits per heavy atom. The van der Waals surface area contributed by atoms with Crippen molar-refractivity contribution in [2.75, 3.05) is 0 Å². The first kappa shape index (κ1) is 6.75. The molecular formula is C7H13NO. The van der Waals surface area contributed by atoms with Gasteiger partial charge in [0.25, 0.3) is 0 Å². The van der Waals surface area contributed by atoms with Crippen LogP contribution in [0.3, 0.4) is 0 Å². The van der Waals surface area contributed by atoms with Crippen LogP contribution in [0.1, 0.15) is 25.7 Å². The molecule has 0 aliphatic heterocycles. The van der Waals surface area contributed by atoms with E-state index in [4.69, 9.17) is 5.11 Å². The first-order valence-electron chi connectivity index (χ1n) is 3.47. The van der Waals surface area contributed by atoms with Crippen molar-refractivity contribution in [1.29, 1.82) is 0 Å². The first-order valence-corrected chi connectivity index (χ1v) is 3.47. The maximum atomic E-state index is 9.06. The van der Waals surface area contributed by atoms with E-state index >= 15 is 0 Å². The Morgan fingerprint density at radius 1 is 1.22 bits per heavy atom. The minimum Gasteiger partial charge on any atom is -0.393 e. The SMILES string of the molecule is C=N[C@H]1CC[C@H](O)CC1. The molecular weight excluding hydrogens is 114 g/mol. The van der Waals surface area contributed by atoms with Crippen molar-refractivity contribution in [3.05, 3.63) is 0 Å². The van der Waals surface area contributed by atoms with Crippen molar-refractivity contribution < 1.29 is 5.11 Å². The Labute approximate surface area is 55.6 Å². The molecule has 2 heteroatoms. The van der Waals surface area contributed by atoms with E-state index in [1.54, 1.807) is 0 Å². The van der Waals surface area contributed by atoms with Gasteiger partial charge in [0.1, 0.15) is 0 Å². The van der Waals surface area contributed by atoms with Crippen LogP contribution < -0.4 is 0 Å². The summed E-state index contributed by atoms with van der Waals surface area (Å²) in [5.74, 6) is 0. The summed E-state index contributed by atoms with van der Waals surface area (Å²) in [6.45, 7) is 3.48. The van der Waals surface area contributed by atoms with Gasteiger partial charge in [-0.2, -0.15) is 0 Å². The van der Waals surface area contributed by atoms with E-state index in [1.807, 2.05) is 0 Å². The largest absolute Gasteiger partial charge is 0.393 e. The van der Waals surface area contributed by atoms with Gasteiger partial charge in [0, 0.05) is 6.04 Å². The minimum absolute atomic E-state index is 0.0667. The third kappa shape index (κ3) is 1.79. The molecule has 0 heterocycles. The van der Waals surface area contributed by atoms with E-state index < -0.39 is 0 Å². The van der Waals surface area contributed by atoms with Crippen LogP contribution in [0.15, 0.2) is 4.99 Å². The second-order valence-corrected chi connectivity index (χ2v) is 2.64. The zero-order valence-corrected chi connectivity index (χ0v) is 5.58. The molecule has 9 heavy (non-hydrogen) atoms. The minimum atomic E-state index is -0.0667. The number of aliphatic hydroxyl groups excluding tert-OH is 1. The fraction of sp³-hybridized carbons (Fsp3) is 0.857. The van der Waals surface area contributed by atoms with Gasteiger partial charge in [-0.25, -0.2) is 0 Å². The molecule has 0 aromatic rings. The molecule has 52 valence electrons. The normalized spacial score (nSPS) is 36.1. The van der Waals surface area contributed by atoms with Crippen molar-refractivity contribution in [3.63, 3.8) is 0 Å². The van der Waals surface area contributed by atoms with Crippen molar-refractivity contribution in [3.8, 4) is 0 Å². The molecule has 1 aliphatic rings. The van der Waals surface area contributed by atoms with Gasteiger partial charge in [-0.15, -0.1) is 0 Å². The highest BCUT2D eigenvalue weighted by molar-refractivity contribution is 5.24. The van der Waals surface area contributed by atoms with Gasteiger partial charge in [0.2, 0.25) is 0 Å². The number of nitrogens with zero attached hydrogens (tertiary/aromatic N) is 1. The molecule has 0 spiro atoms. The van der Waals surface area contributed by atoms with E-state index in [9.17, 15) is 0 Å². The molecule has 1 aliphatic carbocycles. The maximum Gasteiger partial charge on any atom is 0.0541 e. The summed E-state index contributed by atoms with van der Waals surface area (Å²) >= 11 is 0. The van der Waals surface area contributed by atoms with Crippen LogP contribution in [-0.4, -0.2) is 24.0 Å². The third-order valence-electron chi connectivity index (χ3n) is 1.92. The zero-order valence-electron chi connectivity index (χ0n) is 5.58. The molecule has 2 nitrogen and oxygen atoms in total. The standard InChI is InChI=1S/C7H13NO/c1-8-6-2-4-7(9)5-3-6/h6-7,9H,1-5H2/t6-,7-. The van der Waals surface area contributed by atoms with Crippen LogP contribution in [0, 0.1) is 0 Å². The monoisotopic (exact) mass is 127 g/mol. The Kier molecular flexibility index (Phi) is 2.22. The smallest absolute Gasteiger partial charge is 0.0541 e. The van der Waals surface area contributed by atoms with Gasteiger partial charge in [-0.3, -0.25) is 4.99 Å². The third-order valence-corrected chi connectivity index (χ3v) is 1.92. The Bertz CT molecular complexity index is 95.1. The van der Waals surface area contributed by atoms with Gasteiger partial charge in [-0.1, -0.05) is 0 Å². The van der Waals surface area contributed by atoms with E-state index in [-0.39, 0.29) is 6.10 Å². The van der Waals surface area contributed by atoms with Crippen LogP contribution in [0.5, 0.6) is 0 Å². The topological polar surface area (TPSA) is 32.6 Å².